The van der Waals surface area contributed by atoms with Crippen LogP contribution in [-0.4, -0.2) is 19.8 Å². The van der Waals surface area contributed by atoms with Crippen molar-refractivity contribution in [1.82, 2.24) is 5.43 Å². The highest BCUT2D eigenvalue weighted by Crippen LogP contribution is 2.33. The molecule has 2 rings (SSSR count). The fourth-order valence-electron chi connectivity index (χ4n) is 2.92. The third-order valence-electron chi connectivity index (χ3n) is 3.79. The highest BCUT2D eigenvalue weighted by atomic mass is 16.5. The fraction of sp³-hybridized carbons (Fsp3) is 0.600. The van der Waals surface area contributed by atoms with E-state index < -0.39 is 0 Å². The van der Waals surface area contributed by atoms with Gasteiger partial charge in [0, 0.05) is 12.2 Å². The van der Waals surface area contributed by atoms with Crippen molar-refractivity contribution < 1.29 is 9.47 Å². The number of aryl methyl sites for hydroxylation is 2. The maximum absolute atomic E-state index is 5.75. The Bertz CT molecular complexity index is 428. The Morgan fingerprint density at radius 1 is 1.47 bits per heavy atom. The zero-order valence-electron chi connectivity index (χ0n) is 12.0. The van der Waals surface area contributed by atoms with Gasteiger partial charge >= 0.3 is 0 Å². The molecule has 0 saturated carbocycles. The van der Waals surface area contributed by atoms with E-state index in [-0.39, 0.29) is 6.04 Å². The average Bonchev–Trinajstić information content (AvgIpc) is 2.88. The van der Waals surface area contributed by atoms with Crippen LogP contribution in [0, 0.1) is 13.8 Å². The molecule has 1 aromatic rings. The summed E-state index contributed by atoms with van der Waals surface area (Å²) in [7, 11) is 1.71. The lowest BCUT2D eigenvalue weighted by Crippen LogP contribution is -2.31. The lowest BCUT2D eigenvalue weighted by Gasteiger charge is -2.24. The fourth-order valence-corrected chi connectivity index (χ4v) is 2.92. The number of methoxy groups -OCH3 is 1. The van der Waals surface area contributed by atoms with Crippen molar-refractivity contribution in [2.45, 2.75) is 45.3 Å². The lowest BCUT2D eigenvalue weighted by molar-refractivity contribution is 0.0942. The Labute approximate surface area is 115 Å². The van der Waals surface area contributed by atoms with Gasteiger partial charge in [0.25, 0.3) is 0 Å². The number of nitrogens with two attached hydrogens (primary N) is 1. The molecule has 0 spiro atoms. The molecule has 1 aliphatic heterocycles. The first-order valence-corrected chi connectivity index (χ1v) is 6.88. The van der Waals surface area contributed by atoms with E-state index in [4.69, 9.17) is 15.3 Å². The molecule has 19 heavy (non-hydrogen) atoms. The molecular formula is C15H24N2O2. The van der Waals surface area contributed by atoms with E-state index in [1.807, 2.05) is 0 Å². The molecule has 2 atom stereocenters. The Morgan fingerprint density at radius 2 is 2.26 bits per heavy atom. The molecule has 0 amide bonds. The predicted octanol–water partition coefficient (Wildman–Crippen LogP) is 2.39. The molecule has 1 aromatic carbocycles. The Morgan fingerprint density at radius 3 is 2.84 bits per heavy atom. The van der Waals surface area contributed by atoms with E-state index in [9.17, 15) is 0 Å². The summed E-state index contributed by atoms with van der Waals surface area (Å²) in [4.78, 5) is 0. The van der Waals surface area contributed by atoms with Gasteiger partial charge in [-0.1, -0.05) is 6.07 Å². The second-order valence-electron chi connectivity index (χ2n) is 5.29. The molecule has 2 unspecified atom stereocenters. The molecule has 1 saturated heterocycles. The van der Waals surface area contributed by atoms with Crippen LogP contribution in [0.15, 0.2) is 12.1 Å². The largest absolute Gasteiger partial charge is 0.496 e. The minimum atomic E-state index is 0.0682. The summed E-state index contributed by atoms with van der Waals surface area (Å²) in [6.07, 6.45) is 3.44. The van der Waals surface area contributed by atoms with Crippen LogP contribution < -0.4 is 16.0 Å². The molecule has 0 radical (unpaired) electrons. The third-order valence-corrected chi connectivity index (χ3v) is 3.79. The standard InChI is InChI=1S/C15H24N2O2/c1-10-7-11(2)15(14(8-10)18-3)13(17-16)9-12-5-4-6-19-12/h7-8,12-13,17H,4-6,9,16H2,1-3H3. The maximum atomic E-state index is 5.75. The van der Waals surface area contributed by atoms with Crippen LogP contribution in [0.25, 0.3) is 0 Å². The number of hydrogen-bond donors (Lipinski definition) is 2. The van der Waals surface area contributed by atoms with Crippen molar-refractivity contribution in [3.8, 4) is 5.75 Å². The van der Waals surface area contributed by atoms with Crippen molar-refractivity contribution in [2.24, 2.45) is 5.84 Å². The van der Waals surface area contributed by atoms with E-state index in [2.05, 4.69) is 31.4 Å². The summed E-state index contributed by atoms with van der Waals surface area (Å²) >= 11 is 0. The zero-order valence-corrected chi connectivity index (χ0v) is 12.0. The van der Waals surface area contributed by atoms with Gasteiger partial charge in [0.2, 0.25) is 0 Å². The van der Waals surface area contributed by atoms with Crippen LogP contribution in [0.2, 0.25) is 0 Å². The molecule has 4 nitrogen and oxygen atoms in total. The van der Waals surface area contributed by atoms with Crippen LogP contribution >= 0.6 is 0 Å². The van der Waals surface area contributed by atoms with Gasteiger partial charge in [-0.2, -0.15) is 0 Å². The molecular weight excluding hydrogens is 240 g/mol. The molecule has 0 bridgehead atoms. The third kappa shape index (κ3) is 3.26. The summed E-state index contributed by atoms with van der Waals surface area (Å²) in [6, 6.07) is 4.29. The lowest BCUT2D eigenvalue weighted by atomic mass is 9.94. The summed E-state index contributed by atoms with van der Waals surface area (Å²) in [5.41, 5.74) is 6.47. The van der Waals surface area contributed by atoms with E-state index in [0.717, 1.165) is 37.2 Å². The molecule has 1 fully saturated rings. The first-order valence-electron chi connectivity index (χ1n) is 6.88. The van der Waals surface area contributed by atoms with E-state index >= 15 is 0 Å². The minimum Gasteiger partial charge on any atom is -0.496 e. The summed E-state index contributed by atoms with van der Waals surface area (Å²) in [6.45, 7) is 5.04. The Kier molecular flexibility index (Phi) is 4.80. The van der Waals surface area contributed by atoms with Crippen molar-refractivity contribution in [3.05, 3.63) is 28.8 Å². The van der Waals surface area contributed by atoms with Gasteiger partial charge in [-0.3, -0.25) is 11.3 Å². The first kappa shape index (κ1) is 14.3. The quantitative estimate of drug-likeness (QED) is 0.633. The van der Waals surface area contributed by atoms with Crippen molar-refractivity contribution in [3.63, 3.8) is 0 Å². The van der Waals surface area contributed by atoms with Gasteiger partial charge in [-0.15, -0.1) is 0 Å². The molecule has 1 aliphatic rings. The normalized spacial score (nSPS) is 20.5. The van der Waals surface area contributed by atoms with Crippen LogP contribution in [0.5, 0.6) is 5.75 Å². The number of rotatable bonds is 5. The monoisotopic (exact) mass is 264 g/mol. The molecule has 0 aromatic heterocycles. The van der Waals surface area contributed by atoms with Gasteiger partial charge in [0.1, 0.15) is 5.75 Å². The first-order chi connectivity index (χ1) is 9.15. The zero-order chi connectivity index (χ0) is 13.8. The molecule has 1 heterocycles. The van der Waals surface area contributed by atoms with E-state index in [1.54, 1.807) is 7.11 Å². The van der Waals surface area contributed by atoms with Gasteiger partial charge in [0.15, 0.2) is 0 Å². The molecule has 0 aliphatic carbocycles. The summed E-state index contributed by atoms with van der Waals surface area (Å²) < 4.78 is 11.2. The number of hydrazine groups is 1. The van der Waals surface area contributed by atoms with E-state index in [0.29, 0.717) is 6.10 Å². The van der Waals surface area contributed by atoms with E-state index in [1.165, 1.54) is 11.1 Å². The molecule has 4 heteroatoms. The minimum absolute atomic E-state index is 0.0682. The highest BCUT2D eigenvalue weighted by molar-refractivity contribution is 5.45. The van der Waals surface area contributed by atoms with Gasteiger partial charge in [-0.25, -0.2) is 0 Å². The van der Waals surface area contributed by atoms with Crippen LogP contribution in [-0.2, 0) is 4.74 Å². The Hall–Kier alpha value is -1.10. The Balaban J connectivity index is 2.25. The van der Waals surface area contributed by atoms with Crippen molar-refractivity contribution in [1.29, 1.82) is 0 Å². The van der Waals surface area contributed by atoms with Crippen LogP contribution in [0.1, 0.15) is 42.0 Å². The predicted molar refractivity (Wildman–Crippen MR) is 76.1 cm³/mol. The topological polar surface area (TPSA) is 56.5 Å². The SMILES string of the molecule is COc1cc(C)cc(C)c1C(CC1CCCO1)NN. The molecule has 3 N–H and O–H groups in total. The smallest absolute Gasteiger partial charge is 0.124 e. The number of nitrogens with one attached hydrogen (secondary N) is 1. The van der Waals surface area contributed by atoms with Crippen molar-refractivity contribution >= 4 is 0 Å². The van der Waals surface area contributed by atoms with Gasteiger partial charge in [-0.05, 0) is 50.3 Å². The highest BCUT2D eigenvalue weighted by Gasteiger charge is 2.24. The van der Waals surface area contributed by atoms with Crippen molar-refractivity contribution in [2.75, 3.05) is 13.7 Å². The van der Waals surface area contributed by atoms with Crippen LogP contribution in [0.3, 0.4) is 0 Å². The summed E-state index contributed by atoms with van der Waals surface area (Å²) in [5.74, 6) is 6.65. The summed E-state index contributed by atoms with van der Waals surface area (Å²) in [5, 5.41) is 0. The number of hydrogen-bond acceptors (Lipinski definition) is 4. The average molecular weight is 264 g/mol. The van der Waals surface area contributed by atoms with Crippen LogP contribution in [0.4, 0.5) is 0 Å². The number of benzene rings is 1. The second-order valence-corrected chi connectivity index (χ2v) is 5.29. The second kappa shape index (κ2) is 6.37. The maximum Gasteiger partial charge on any atom is 0.124 e. The number of ether oxygens (including phenoxy) is 2. The van der Waals surface area contributed by atoms with Gasteiger partial charge < -0.3 is 9.47 Å². The van der Waals surface area contributed by atoms with Gasteiger partial charge in [0.05, 0.1) is 19.3 Å². The molecule has 106 valence electrons.